The number of likely N-dealkylation sites (tertiary alicyclic amines) is 1. The Morgan fingerprint density at radius 1 is 1.06 bits per heavy atom. The van der Waals surface area contributed by atoms with Crippen LogP contribution in [0.4, 0.5) is 5.69 Å². The fourth-order valence-electron chi connectivity index (χ4n) is 4.21. The monoisotopic (exact) mass is 457 g/mol. The van der Waals surface area contributed by atoms with Crippen molar-refractivity contribution in [1.29, 1.82) is 0 Å². The standard InChI is InChI=1S/C24H31N3O4S/c1-19-10-12-20(13-11-19)32(29,30)27-18-23(31-22-9-4-3-8-21(22)27)24(28)25-14-7-17-26-15-5-2-6-16-26/h3-4,8-13,23H,2,5-7,14-18H2,1H3,(H,25,28)/t23-/m0/s1. The van der Waals surface area contributed by atoms with E-state index in [4.69, 9.17) is 4.74 Å². The van der Waals surface area contributed by atoms with E-state index in [0.717, 1.165) is 31.6 Å². The molecule has 32 heavy (non-hydrogen) atoms. The zero-order chi connectivity index (χ0) is 22.6. The topological polar surface area (TPSA) is 79.0 Å². The molecule has 0 bridgehead atoms. The highest BCUT2D eigenvalue weighted by Crippen LogP contribution is 2.36. The molecule has 8 heteroatoms. The fourth-order valence-corrected chi connectivity index (χ4v) is 5.69. The number of hydrogen-bond donors (Lipinski definition) is 1. The highest BCUT2D eigenvalue weighted by Gasteiger charge is 2.37. The predicted molar refractivity (Wildman–Crippen MR) is 124 cm³/mol. The molecular weight excluding hydrogens is 426 g/mol. The molecule has 1 amide bonds. The molecule has 1 N–H and O–H groups in total. The normalized spacial score (nSPS) is 19.2. The lowest BCUT2D eigenvalue weighted by molar-refractivity contribution is -0.127. The lowest BCUT2D eigenvalue weighted by atomic mass is 10.1. The predicted octanol–water partition coefficient (Wildman–Crippen LogP) is 2.94. The van der Waals surface area contributed by atoms with Gasteiger partial charge < -0.3 is 15.0 Å². The van der Waals surface area contributed by atoms with Crippen LogP contribution in [0.1, 0.15) is 31.2 Å². The number of nitrogens with one attached hydrogen (secondary N) is 1. The van der Waals surface area contributed by atoms with Crippen molar-refractivity contribution in [2.24, 2.45) is 0 Å². The zero-order valence-electron chi connectivity index (χ0n) is 18.5. The van der Waals surface area contributed by atoms with E-state index in [9.17, 15) is 13.2 Å². The smallest absolute Gasteiger partial charge is 0.264 e. The highest BCUT2D eigenvalue weighted by molar-refractivity contribution is 7.92. The minimum Gasteiger partial charge on any atom is -0.476 e. The van der Waals surface area contributed by atoms with E-state index in [1.807, 2.05) is 6.92 Å². The van der Waals surface area contributed by atoms with Gasteiger partial charge in [-0.25, -0.2) is 8.42 Å². The maximum atomic E-state index is 13.4. The Kier molecular flexibility index (Phi) is 7.01. The Bertz CT molecular complexity index is 1030. The molecule has 0 saturated carbocycles. The maximum Gasteiger partial charge on any atom is 0.264 e. The van der Waals surface area contributed by atoms with E-state index in [-0.39, 0.29) is 17.3 Å². The number of carbonyl (C=O) groups is 1. The molecule has 2 heterocycles. The van der Waals surface area contributed by atoms with Gasteiger partial charge in [0.05, 0.1) is 17.1 Å². The van der Waals surface area contributed by atoms with Gasteiger partial charge in [-0.05, 0) is 70.1 Å². The van der Waals surface area contributed by atoms with Crippen LogP contribution in [0.5, 0.6) is 5.75 Å². The van der Waals surface area contributed by atoms with Gasteiger partial charge in [-0.15, -0.1) is 0 Å². The molecule has 0 aromatic heterocycles. The summed E-state index contributed by atoms with van der Waals surface area (Å²) in [6.07, 6.45) is 3.75. The maximum absolute atomic E-state index is 13.4. The van der Waals surface area contributed by atoms with Crippen LogP contribution in [-0.2, 0) is 14.8 Å². The first-order valence-corrected chi connectivity index (χ1v) is 12.7. The summed E-state index contributed by atoms with van der Waals surface area (Å²) < 4.78 is 34.0. The molecular formula is C24H31N3O4S. The lowest BCUT2D eigenvalue weighted by Crippen LogP contribution is -2.51. The molecule has 1 saturated heterocycles. The van der Waals surface area contributed by atoms with E-state index in [0.29, 0.717) is 18.0 Å². The van der Waals surface area contributed by atoms with Crippen LogP contribution in [0.25, 0.3) is 0 Å². The number of anilines is 1. The van der Waals surface area contributed by atoms with Crippen molar-refractivity contribution in [2.45, 2.75) is 43.6 Å². The van der Waals surface area contributed by atoms with E-state index in [2.05, 4.69) is 10.2 Å². The summed E-state index contributed by atoms with van der Waals surface area (Å²) in [6, 6.07) is 13.7. The second kappa shape index (κ2) is 9.92. The average molecular weight is 458 g/mol. The van der Waals surface area contributed by atoms with Crippen molar-refractivity contribution >= 4 is 21.6 Å². The summed E-state index contributed by atoms with van der Waals surface area (Å²) in [4.78, 5) is 15.5. The number of rotatable bonds is 7. The van der Waals surface area contributed by atoms with Crippen molar-refractivity contribution in [3.63, 3.8) is 0 Å². The Balaban J connectivity index is 1.44. The van der Waals surface area contributed by atoms with Crippen LogP contribution in [0.2, 0.25) is 0 Å². The van der Waals surface area contributed by atoms with Crippen molar-refractivity contribution in [3.8, 4) is 5.75 Å². The number of benzene rings is 2. The molecule has 2 aliphatic rings. The molecule has 0 unspecified atom stereocenters. The molecule has 2 aromatic rings. The summed E-state index contributed by atoms with van der Waals surface area (Å²) >= 11 is 0. The van der Waals surface area contributed by atoms with Gasteiger partial charge in [0.25, 0.3) is 15.9 Å². The van der Waals surface area contributed by atoms with Crippen LogP contribution in [-0.4, -0.2) is 58.1 Å². The number of aryl methyl sites for hydroxylation is 1. The molecule has 1 fully saturated rings. The number of nitrogens with zero attached hydrogens (tertiary/aromatic N) is 2. The number of sulfonamides is 1. The lowest BCUT2D eigenvalue weighted by Gasteiger charge is -2.34. The number of ether oxygens (including phenoxy) is 1. The molecule has 7 nitrogen and oxygen atoms in total. The van der Waals surface area contributed by atoms with E-state index in [1.165, 1.54) is 23.6 Å². The number of fused-ring (bicyclic) bond motifs is 1. The van der Waals surface area contributed by atoms with E-state index < -0.39 is 16.1 Å². The largest absolute Gasteiger partial charge is 0.476 e. The number of amides is 1. The van der Waals surface area contributed by atoms with Gasteiger partial charge in [0, 0.05) is 6.54 Å². The van der Waals surface area contributed by atoms with Crippen molar-refractivity contribution in [1.82, 2.24) is 10.2 Å². The van der Waals surface area contributed by atoms with Crippen molar-refractivity contribution in [3.05, 3.63) is 54.1 Å². The van der Waals surface area contributed by atoms with Crippen molar-refractivity contribution < 1.29 is 17.9 Å². The van der Waals surface area contributed by atoms with Crippen LogP contribution >= 0.6 is 0 Å². The quantitative estimate of drug-likeness (QED) is 0.647. The summed E-state index contributed by atoms with van der Waals surface area (Å²) in [6.45, 7) is 5.60. The van der Waals surface area contributed by atoms with Gasteiger partial charge in [-0.1, -0.05) is 36.2 Å². The van der Waals surface area contributed by atoms with Gasteiger partial charge in [-0.2, -0.15) is 0 Å². The first-order chi connectivity index (χ1) is 15.4. The summed E-state index contributed by atoms with van der Waals surface area (Å²) in [5.74, 6) is 0.102. The molecule has 4 rings (SSSR count). The van der Waals surface area contributed by atoms with Crippen molar-refractivity contribution in [2.75, 3.05) is 37.0 Å². The molecule has 0 aliphatic carbocycles. The van der Waals surface area contributed by atoms with Gasteiger partial charge in [0.2, 0.25) is 0 Å². The minimum atomic E-state index is -3.83. The number of piperidine rings is 1. The third-order valence-electron chi connectivity index (χ3n) is 6.04. The minimum absolute atomic E-state index is 0.0643. The number of para-hydroxylation sites is 2. The van der Waals surface area contributed by atoms with Crippen LogP contribution < -0.4 is 14.4 Å². The molecule has 1 atom stereocenters. The first kappa shape index (κ1) is 22.6. The molecule has 0 radical (unpaired) electrons. The molecule has 2 aromatic carbocycles. The number of carbonyl (C=O) groups excluding carboxylic acids is 1. The third-order valence-corrected chi connectivity index (χ3v) is 7.83. The summed E-state index contributed by atoms with van der Waals surface area (Å²) in [5, 5.41) is 2.93. The highest BCUT2D eigenvalue weighted by atomic mass is 32.2. The fraction of sp³-hybridized carbons (Fsp3) is 0.458. The first-order valence-electron chi connectivity index (χ1n) is 11.3. The second-order valence-corrected chi connectivity index (χ2v) is 10.3. The third kappa shape index (κ3) is 5.07. The Hall–Kier alpha value is -2.58. The van der Waals surface area contributed by atoms with Crippen LogP contribution in [0.3, 0.4) is 0 Å². The zero-order valence-corrected chi connectivity index (χ0v) is 19.3. The average Bonchev–Trinajstić information content (AvgIpc) is 2.82. The Labute approximate surface area is 190 Å². The van der Waals surface area contributed by atoms with Gasteiger partial charge in [-0.3, -0.25) is 9.10 Å². The summed E-state index contributed by atoms with van der Waals surface area (Å²) in [7, 11) is -3.83. The van der Waals surface area contributed by atoms with Gasteiger partial charge >= 0.3 is 0 Å². The number of hydrogen-bond acceptors (Lipinski definition) is 5. The van der Waals surface area contributed by atoms with E-state index in [1.54, 1.807) is 48.5 Å². The van der Waals surface area contributed by atoms with Gasteiger partial charge in [0.1, 0.15) is 5.75 Å². The van der Waals surface area contributed by atoms with Gasteiger partial charge in [0.15, 0.2) is 6.10 Å². The molecule has 0 spiro atoms. The Morgan fingerprint density at radius 2 is 1.78 bits per heavy atom. The Morgan fingerprint density at radius 3 is 2.53 bits per heavy atom. The molecule has 2 aliphatic heterocycles. The SMILES string of the molecule is Cc1ccc(S(=O)(=O)N2C[C@@H](C(=O)NCCCN3CCCCC3)Oc3ccccc32)cc1. The second-order valence-electron chi connectivity index (χ2n) is 8.47. The van der Waals surface area contributed by atoms with Crippen LogP contribution in [0.15, 0.2) is 53.4 Å². The summed E-state index contributed by atoms with van der Waals surface area (Å²) in [5.41, 5.74) is 1.43. The van der Waals surface area contributed by atoms with E-state index >= 15 is 0 Å². The molecule has 172 valence electrons. The van der Waals surface area contributed by atoms with Crippen LogP contribution in [0, 0.1) is 6.92 Å².